The summed E-state index contributed by atoms with van der Waals surface area (Å²) in [4.78, 5) is 43.0. The molecule has 2 aromatic heterocycles. The summed E-state index contributed by atoms with van der Waals surface area (Å²) in [5, 5.41) is 9.12. The Labute approximate surface area is 180 Å². The van der Waals surface area contributed by atoms with E-state index in [1.54, 1.807) is 23.7 Å². The molecule has 0 saturated carbocycles. The van der Waals surface area contributed by atoms with Gasteiger partial charge in [-0.05, 0) is 29.5 Å². The molecule has 1 N–H and O–H groups in total. The van der Waals surface area contributed by atoms with Crippen molar-refractivity contribution in [1.82, 2.24) is 14.8 Å². The molecular weight excluding hydrogens is 435 g/mol. The minimum atomic E-state index is -5.08. The van der Waals surface area contributed by atoms with Crippen LogP contribution in [0.1, 0.15) is 23.3 Å². The molecule has 166 valence electrons. The van der Waals surface area contributed by atoms with E-state index < -0.39 is 12.1 Å². The van der Waals surface area contributed by atoms with E-state index in [0.717, 1.165) is 23.4 Å². The van der Waals surface area contributed by atoms with Crippen molar-refractivity contribution in [2.45, 2.75) is 44.1 Å². The van der Waals surface area contributed by atoms with E-state index in [0.29, 0.717) is 19.4 Å². The molecule has 11 heteroatoms. The normalized spacial score (nSPS) is 20.3. The third kappa shape index (κ3) is 5.60. The lowest BCUT2D eigenvalue weighted by atomic mass is 10.1. The maximum Gasteiger partial charge on any atom is 0.490 e. The Kier molecular flexibility index (Phi) is 6.94. The predicted octanol–water partition coefficient (Wildman–Crippen LogP) is 2.72. The summed E-state index contributed by atoms with van der Waals surface area (Å²) in [6.45, 7) is 1.33. The Morgan fingerprint density at radius 3 is 2.55 bits per heavy atom. The number of nitrogens with zero attached hydrogens (tertiary/aromatic N) is 3. The Bertz CT molecular complexity index is 922. The molecule has 2 aromatic rings. The number of pyridine rings is 1. The lowest BCUT2D eigenvalue weighted by Gasteiger charge is -2.25. The number of likely N-dealkylation sites (tertiary alicyclic amines) is 2. The van der Waals surface area contributed by atoms with Crippen LogP contribution in [0.2, 0.25) is 0 Å². The number of fused-ring (bicyclic) bond motifs is 1. The lowest BCUT2D eigenvalue weighted by Crippen LogP contribution is -2.40. The first kappa shape index (κ1) is 22.7. The van der Waals surface area contributed by atoms with Crippen molar-refractivity contribution in [3.05, 3.63) is 52.5 Å². The van der Waals surface area contributed by atoms with Crippen LogP contribution in [0.3, 0.4) is 0 Å². The third-order valence-electron chi connectivity index (χ3n) is 5.16. The molecule has 0 unspecified atom stereocenters. The van der Waals surface area contributed by atoms with Crippen LogP contribution in [0.15, 0.2) is 42.0 Å². The SMILES string of the molecule is O=C(O)C(F)(F)F.O=C1C[C@H]2[C@@H](CCN2C(=O)Cc2cccs2)N1Cc1cccnc1. The number of carboxylic acids is 1. The summed E-state index contributed by atoms with van der Waals surface area (Å²) in [6, 6.07) is 8.01. The first-order valence-electron chi connectivity index (χ1n) is 9.47. The maximum absolute atomic E-state index is 12.6. The highest BCUT2D eigenvalue weighted by Crippen LogP contribution is 2.34. The summed E-state index contributed by atoms with van der Waals surface area (Å²) in [6.07, 6.45) is 0.208. The monoisotopic (exact) mass is 455 g/mol. The number of hydrogen-bond donors (Lipinski definition) is 1. The van der Waals surface area contributed by atoms with Gasteiger partial charge in [0.25, 0.3) is 0 Å². The van der Waals surface area contributed by atoms with Gasteiger partial charge in [0, 0.05) is 36.8 Å². The van der Waals surface area contributed by atoms with Crippen LogP contribution < -0.4 is 0 Å². The number of thiophene rings is 1. The summed E-state index contributed by atoms with van der Waals surface area (Å²) < 4.78 is 31.7. The predicted molar refractivity (Wildman–Crippen MR) is 105 cm³/mol. The Hall–Kier alpha value is -2.95. The lowest BCUT2D eigenvalue weighted by molar-refractivity contribution is -0.192. The summed E-state index contributed by atoms with van der Waals surface area (Å²) in [7, 11) is 0. The average Bonchev–Trinajstić information content (AvgIpc) is 3.42. The van der Waals surface area contributed by atoms with E-state index in [4.69, 9.17) is 9.90 Å². The van der Waals surface area contributed by atoms with Crippen molar-refractivity contribution in [3.8, 4) is 0 Å². The first-order valence-corrected chi connectivity index (χ1v) is 10.3. The number of rotatable bonds is 4. The van der Waals surface area contributed by atoms with E-state index in [9.17, 15) is 22.8 Å². The fourth-order valence-electron chi connectivity index (χ4n) is 3.80. The molecule has 0 aromatic carbocycles. The molecule has 2 saturated heterocycles. The highest BCUT2D eigenvalue weighted by atomic mass is 32.1. The van der Waals surface area contributed by atoms with Crippen LogP contribution in [-0.2, 0) is 27.3 Å². The van der Waals surface area contributed by atoms with Crippen molar-refractivity contribution in [2.24, 2.45) is 0 Å². The maximum atomic E-state index is 12.6. The topological polar surface area (TPSA) is 90.8 Å². The summed E-state index contributed by atoms with van der Waals surface area (Å²) in [5.41, 5.74) is 1.04. The minimum Gasteiger partial charge on any atom is -0.475 e. The number of amides is 2. The number of carboxylic acid groups (broad SMARTS) is 1. The van der Waals surface area contributed by atoms with Gasteiger partial charge in [-0.1, -0.05) is 12.1 Å². The molecular formula is C20H20F3N3O4S. The number of aliphatic carboxylic acids is 1. The van der Waals surface area contributed by atoms with Crippen molar-refractivity contribution in [2.75, 3.05) is 6.54 Å². The second-order valence-corrected chi connectivity index (χ2v) is 8.19. The number of hydrogen-bond acceptors (Lipinski definition) is 5. The van der Waals surface area contributed by atoms with Gasteiger partial charge in [0.05, 0.1) is 18.5 Å². The fourth-order valence-corrected chi connectivity index (χ4v) is 4.49. The van der Waals surface area contributed by atoms with Crippen molar-refractivity contribution in [1.29, 1.82) is 0 Å². The second kappa shape index (κ2) is 9.46. The molecule has 2 fully saturated rings. The molecule has 0 bridgehead atoms. The zero-order valence-corrected chi connectivity index (χ0v) is 17.1. The number of aromatic nitrogens is 1. The molecule has 2 aliphatic rings. The molecule has 7 nitrogen and oxygen atoms in total. The highest BCUT2D eigenvalue weighted by molar-refractivity contribution is 7.10. The summed E-state index contributed by atoms with van der Waals surface area (Å²) >= 11 is 1.61. The van der Waals surface area contributed by atoms with Crippen LogP contribution in [0.4, 0.5) is 13.2 Å². The molecule has 4 rings (SSSR count). The van der Waals surface area contributed by atoms with Gasteiger partial charge in [0.2, 0.25) is 11.8 Å². The largest absolute Gasteiger partial charge is 0.490 e. The molecule has 4 heterocycles. The van der Waals surface area contributed by atoms with Crippen molar-refractivity contribution >= 4 is 29.1 Å². The van der Waals surface area contributed by atoms with Gasteiger partial charge in [-0.3, -0.25) is 14.6 Å². The second-order valence-electron chi connectivity index (χ2n) is 7.16. The summed E-state index contributed by atoms with van der Waals surface area (Å²) in [5.74, 6) is -2.48. The molecule has 0 radical (unpaired) electrons. The van der Waals surface area contributed by atoms with Gasteiger partial charge in [-0.25, -0.2) is 4.79 Å². The Balaban J connectivity index is 0.000000339. The molecule has 2 atom stereocenters. The molecule has 2 amide bonds. The molecule has 0 spiro atoms. The van der Waals surface area contributed by atoms with Gasteiger partial charge >= 0.3 is 12.1 Å². The van der Waals surface area contributed by atoms with Crippen LogP contribution in [0, 0.1) is 0 Å². The molecule has 31 heavy (non-hydrogen) atoms. The zero-order chi connectivity index (χ0) is 22.6. The van der Waals surface area contributed by atoms with Gasteiger partial charge in [0.15, 0.2) is 0 Å². The van der Waals surface area contributed by atoms with E-state index >= 15 is 0 Å². The average molecular weight is 455 g/mol. The number of carbonyl (C=O) groups excluding carboxylic acids is 2. The zero-order valence-electron chi connectivity index (χ0n) is 16.3. The van der Waals surface area contributed by atoms with Crippen LogP contribution in [0.5, 0.6) is 0 Å². The van der Waals surface area contributed by atoms with E-state index in [1.165, 1.54) is 0 Å². The van der Waals surface area contributed by atoms with Gasteiger partial charge < -0.3 is 14.9 Å². The van der Waals surface area contributed by atoms with Crippen molar-refractivity contribution < 1.29 is 32.7 Å². The van der Waals surface area contributed by atoms with Crippen LogP contribution >= 0.6 is 11.3 Å². The quantitative estimate of drug-likeness (QED) is 0.766. The van der Waals surface area contributed by atoms with Crippen LogP contribution in [0.25, 0.3) is 0 Å². The molecule has 0 aliphatic carbocycles. The first-order chi connectivity index (χ1) is 14.7. The fraction of sp³-hybridized carbons (Fsp3) is 0.400. The number of carbonyl (C=O) groups is 3. The van der Waals surface area contributed by atoms with E-state index in [-0.39, 0.29) is 23.9 Å². The number of alkyl halides is 3. The smallest absolute Gasteiger partial charge is 0.475 e. The molecule has 2 aliphatic heterocycles. The standard InChI is InChI=1S/C18H19N3O2S.C2HF3O2/c22-17(9-14-4-2-8-24-14)20-7-5-15-16(20)10-18(23)21(15)12-13-3-1-6-19-11-13;3-2(4,5)1(6)7/h1-4,6,8,11,15-16H,5,7,9-10,12H2;(H,6,7)/t15-,16+;/m1./s1. The highest BCUT2D eigenvalue weighted by Gasteiger charge is 2.48. The van der Waals surface area contributed by atoms with Gasteiger partial charge in [0.1, 0.15) is 0 Å². The minimum absolute atomic E-state index is 0.0293. The van der Waals surface area contributed by atoms with Gasteiger partial charge in [-0.2, -0.15) is 13.2 Å². The van der Waals surface area contributed by atoms with Gasteiger partial charge in [-0.15, -0.1) is 11.3 Å². The van der Waals surface area contributed by atoms with Crippen LogP contribution in [-0.4, -0.2) is 62.5 Å². The number of halogens is 3. The van der Waals surface area contributed by atoms with Crippen molar-refractivity contribution in [3.63, 3.8) is 0 Å². The Morgan fingerprint density at radius 2 is 1.97 bits per heavy atom. The van der Waals surface area contributed by atoms with E-state index in [1.807, 2.05) is 39.4 Å². The van der Waals surface area contributed by atoms with E-state index in [2.05, 4.69) is 4.98 Å². The Morgan fingerprint density at radius 1 is 1.23 bits per heavy atom. The third-order valence-corrected chi connectivity index (χ3v) is 6.04.